The maximum absolute atomic E-state index is 13.1. The third kappa shape index (κ3) is 5.62. The second-order valence-corrected chi connectivity index (χ2v) is 12.3. The number of aromatic nitrogens is 2. The van der Waals surface area contributed by atoms with Crippen LogP contribution in [0.4, 0.5) is 16.6 Å². The molecule has 2 aromatic heterocycles. The van der Waals surface area contributed by atoms with Crippen molar-refractivity contribution < 1.29 is 29.3 Å². The van der Waals surface area contributed by atoms with Crippen LogP contribution >= 0.6 is 34.7 Å². The van der Waals surface area contributed by atoms with Crippen LogP contribution in [0.1, 0.15) is 12.1 Å². The van der Waals surface area contributed by atoms with E-state index in [2.05, 4.69) is 31.0 Å². The zero-order valence-corrected chi connectivity index (χ0v) is 24.6. The Labute approximate surface area is 253 Å². The topological polar surface area (TPSA) is 215 Å². The van der Waals surface area contributed by atoms with Crippen molar-refractivity contribution >= 4 is 75.1 Å². The Kier molecular flexibility index (Phi) is 9.14. The predicted molar refractivity (Wildman–Crippen MR) is 158 cm³/mol. The van der Waals surface area contributed by atoms with Crippen molar-refractivity contribution in [2.45, 2.75) is 30.7 Å². The number of nitrogens with two attached hydrogens (primary N) is 2. The lowest BCUT2D eigenvalue weighted by molar-refractivity contribution is -0.674. The molecule has 3 aliphatic rings. The third-order valence-corrected chi connectivity index (χ3v) is 9.44. The molecule has 3 aliphatic heterocycles. The summed E-state index contributed by atoms with van der Waals surface area (Å²) < 4.78 is 2.02. The van der Waals surface area contributed by atoms with Crippen LogP contribution in [-0.4, -0.2) is 93.7 Å². The Morgan fingerprint density at radius 3 is 2.90 bits per heavy atom. The van der Waals surface area contributed by atoms with Crippen molar-refractivity contribution in [2.75, 3.05) is 47.9 Å². The fourth-order valence-electron chi connectivity index (χ4n) is 5.06. The van der Waals surface area contributed by atoms with E-state index in [1.165, 1.54) is 16.7 Å². The van der Waals surface area contributed by atoms with Crippen LogP contribution in [0.5, 0.6) is 0 Å². The van der Waals surface area contributed by atoms with Gasteiger partial charge in [-0.15, -0.1) is 11.8 Å². The average Bonchev–Trinajstić information content (AvgIpc) is 3.48. The molecule has 3 atom stereocenters. The molecule has 224 valence electrons. The number of rotatable bonds is 12. The first-order valence-corrected chi connectivity index (χ1v) is 15.2. The molecule has 3 unspecified atom stereocenters. The highest BCUT2D eigenvalue weighted by atomic mass is 35.5. The molecule has 0 saturated carbocycles. The number of nitrogens with zero attached hydrogens (tertiary/aromatic N) is 5. The van der Waals surface area contributed by atoms with Crippen molar-refractivity contribution in [3.05, 3.63) is 39.6 Å². The van der Waals surface area contributed by atoms with E-state index in [0.29, 0.717) is 31.7 Å². The van der Waals surface area contributed by atoms with Crippen LogP contribution in [0.25, 0.3) is 0 Å². The first-order chi connectivity index (χ1) is 20.3. The largest absolute Gasteiger partial charge is 0.410 e. The number of hydrogen-bond acceptors (Lipinski definition) is 14. The van der Waals surface area contributed by atoms with Crippen molar-refractivity contribution in [1.29, 1.82) is 0 Å². The van der Waals surface area contributed by atoms with Crippen LogP contribution < -0.4 is 36.9 Å². The van der Waals surface area contributed by atoms with Gasteiger partial charge in [-0.25, -0.2) is 14.9 Å². The van der Waals surface area contributed by atoms with Gasteiger partial charge in [-0.2, -0.15) is 0 Å². The number of halogens is 1. The first kappa shape index (κ1) is 30.0. The fraction of sp³-hybridized carbons (Fsp3) is 0.417. The highest BCUT2D eigenvalue weighted by molar-refractivity contribution is 8.00. The summed E-state index contributed by atoms with van der Waals surface area (Å²) in [7, 11) is 0. The Morgan fingerprint density at radius 1 is 1.40 bits per heavy atom. The van der Waals surface area contributed by atoms with Gasteiger partial charge in [0, 0.05) is 24.4 Å². The lowest BCUT2D eigenvalue weighted by Gasteiger charge is -2.49. The van der Waals surface area contributed by atoms with E-state index in [4.69, 9.17) is 28.2 Å². The van der Waals surface area contributed by atoms with Gasteiger partial charge in [-0.05, 0) is 25.1 Å². The second-order valence-electron chi connectivity index (χ2n) is 9.57. The molecule has 2 aromatic rings. The van der Waals surface area contributed by atoms with Gasteiger partial charge in [0.05, 0.1) is 18.5 Å². The number of aldehydes is 1. The number of aliphatic hydroxyl groups excluding tert-OH is 1. The SMILES string of the molecule is Nc1nc(/C(=N/O)C(=O)NC2C(=O)N3C(C=O)=C(C[n+]4cccc5c4NC(N)N5CCCNCCO)CSC23)c(Cl)s1. The van der Waals surface area contributed by atoms with E-state index in [1.54, 1.807) is 0 Å². The number of β-lactam (4-membered cyclic amide) rings is 1. The highest BCUT2D eigenvalue weighted by Crippen LogP contribution is 2.40. The number of carbonyl (C=O) groups is 3. The van der Waals surface area contributed by atoms with Crippen LogP contribution in [-0.2, 0) is 20.9 Å². The van der Waals surface area contributed by atoms with Gasteiger partial charge in [0.1, 0.15) is 33.7 Å². The summed E-state index contributed by atoms with van der Waals surface area (Å²) in [5.41, 5.74) is 13.3. The molecule has 1 saturated heterocycles. The van der Waals surface area contributed by atoms with E-state index >= 15 is 0 Å². The maximum atomic E-state index is 13.1. The van der Waals surface area contributed by atoms with Gasteiger partial charge in [0.2, 0.25) is 6.29 Å². The Balaban J connectivity index is 1.28. The molecular formula is C24H30ClN10O5S2+. The zero-order chi connectivity index (χ0) is 30.0. The molecule has 1 fully saturated rings. The number of amides is 2. The third-order valence-electron chi connectivity index (χ3n) is 7.02. The van der Waals surface area contributed by atoms with E-state index in [-0.39, 0.29) is 27.5 Å². The van der Waals surface area contributed by atoms with Gasteiger partial charge in [-0.3, -0.25) is 25.0 Å². The molecule has 0 radical (unpaired) electrons. The van der Waals surface area contributed by atoms with Crippen molar-refractivity contribution in [1.82, 2.24) is 20.5 Å². The van der Waals surface area contributed by atoms with Gasteiger partial charge in [-0.1, -0.05) is 28.1 Å². The molecule has 0 bridgehead atoms. The van der Waals surface area contributed by atoms with Crippen molar-refractivity contribution in [3.8, 4) is 0 Å². The standard InChI is InChI=1S/C24H29ClN10O5S2/c25-18-15(30-24(27)42-18)16(32-40)20(38)29-17-21(39)35-14(10-37)12(11-41-22(17)35)9-33-6-1-3-13-19(33)31-23(26)34(13)7-2-4-28-5-8-36/h1,3,6,10,17,22-23,28,36H,2,4-5,7-9,11,26H2,(H4,27,29,30,38,40)/p+1. The van der Waals surface area contributed by atoms with E-state index in [0.717, 1.165) is 41.4 Å². The number of pyridine rings is 1. The number of oxime groups is 1. The molecule has 5 rings (SSSR count). The van der Waals surface area contributed by atoms with E-state index in [9.17, 15) is 19.6 Å². The molecule has 0 spiro atoms. The summed E-state index contributed by atoms with van der Waals surface area (Å²) in [4.78, 5) is 45.6. The summed E-state index contributed by atoms with van der Waals surface area (Å²) in [6.45, 7) is 2.40. The number of nitrogens with one attached hydrogen (secondary N) is 3. The van der Waals surface area contributed by atoms with Crippen LogP contribution in [0.3, 0.4) is 0 Å². The number of hydrogen-bond donors (Lipinski definition) is 7. The van der Waals surface area contributed by atoms with E-state index in [1.807, 2.05) is 22.9 Å². The lowest BCUT2D eigenvalue weighted by Crippen LogP contribution is -2.70. The average molecular weight is 638 g/mol. The summed E-state index contributed by atoms with van der Waals surface area (Å²) in [5, 5.41) is 30.0. The normalized spacial score (nSPS) is 21.5. The zero-order valence-electron chi connectivity index (χ0n) is 22.2. The summed E-state index contributed by atoms with van der Waals surface area (Å²) in [6.07, 6.45) is 2.93. The molecule has 15 nitrogen and oxygen atoms in total. The Bertz CT molecular complexity index is 1450. The molecule has 2 amide bonds. The summed E-state index contributed by atoms with van der Waals surface area (Å²) in [6, 6.07) is 2.93. The fourth-order valence-corrected chi connectivity index (χ4v) is 7.35. The van der Waals surface area contributed by atoms with Gasteiger partial charge in [0.25, 0.3) is 11.8 Å². The molecule has 5 heterocycles. The number of thioether (sulfide) groups is 1. The van der Waals surface area contributed by atoms with Crippen molar-refractivity contribution in [3.63, 3.8) is 0 Å². The maximum Gasteiger partial charge on any atom is 0.301 e. The number of allylic oxidation sites excluding steroid dienone is 1. The highest BCUT2D eigenvalue weighted by Gasteiger charge is 2.53. The van der Waals surface area contributed by atoms with Crippen LogP contribution in [0.15, 0.2) is 34.8 Å². The van der Waals surface area contributed by atoms with Gasteiger partial charge >= 0.3 is 5.82 Å². The van der Waals surface area contributed by atoms with Gasteiger partial charge < -0.3 is 31.6 Å². The minimum absolute atomic E-state index is 0.0680. The van der Waals surface area contributed by atoms with Crippen molar-refractivity contribution in [2.24, 2.45) is 10.9 Å². The number of anilines is 3. The number of thiazole rings is 1. The molecule has 42 heavy (non-hydrogen) atoms. The Morgan fingerprint density at radius 2 is 2.21 bits per heavy atom. The second kappa shape index (κ2) is 12.8. The molecular weight excluding hydrogens is 608 g/mol. The first-order valence-electron chi connectivity index (χ1n) is 13.0. The Hall–Kier alpha value is -3.48. The summed E-state index contributed by atoms with van der Waals surface area (Å²) in [5.74, 6) is -0.0776. The minimum Gasteiger partial charge on any atom is -0.410 e. The monoisotopic (exact) mass is 637 g/mol. The summed E-state index contributed by atoms with van der Waals surface area (Å²) >= 11 is 8.37. The number of fused-ring (bicyclic) bond motifs is 2. The molecule has 0 aromatic carbocycles. The quantitative estimate of drug-likeness (QED) is 0.0279. The molecule has 0 aliphatic carbocycles. The van der Waals surface area contributed by atoms with E-state index < -0.39 is 35.2 Å². The van der Waals surface area contributed by atoms with Crippen LogP contribution in [0.2, 0.25) is 4.34 Å². The lowest BCUT2D eigenvalue weighted by atomic mass is 10.0. The smallest absolute Gasteiger partial charge is 0.301 e. The minimum atomic E-state index is -0.945. The predicted octanol–water partition coefficient (Wildman–Crippen LogP) is -1.16. The number of aliphatic hydroxyl groups is 1. The molecule has 9 N–H and O–H groups in total. The number of nitrogen functional groups attached to an aromatic ring is 1. The molecule has 18 heteroatoms. The number of carbonyl (C=O) groups excluding carboxylic acids is 3. The van der Waals surface area contributed by atoms with Gasteiger partial charge in [0.15, 0.2) is 17.1 Å². The van der Waals surface area contributed by atoms with Crippen LogP contribution in [0, 0.1) is 0 Å².